The van der Waals surface area contributed by atoms with Gasteiger partial charge in [-0.25, -0.2) is 4.57 Å². The second-order valence-electron chi connectivity index (χ2n) is 15.6. The Morgan fingerprint density at radius 3 is 1.89 bits per heavy atom. The summed E-state index contributed by atoms with van der Waals surface area (Å²) in [4.78, 5) is 43.1. The normalized spacial score (nSPS) is 20.1. The van der Waals surface area contributed by atoms with E-state index in [1.165, 1.54) is 57.8 Å². The molecule has 0 unspecified atom stereocenters. The highest BCUT2D eigenvalue weighted by Gasteiger charge is 2.39. The fraction of sp³-hybridized carbons (Fsp3) is 0.778. The molecule has 0 saturated heterocycles. The van der Waals surface area contributed by atoms with Crippen molar-refractivity contribution in [2.75, 3.05) is 13.2 Å². The molecular weight excluding hydrogens is 747 g/mol. The van der Waals surface area contributed by atoms with E-state index in [-0.39, 0.29) is 37.7 Å². The number of ether oxygens (including phenoxy) is 2. The van der Waals surface area contributed by atoms with E-state index in [4.69, 9.17) is 19.3 Å². The zero-order valence-electron chi connectivity index (χ0n) is 35.3. The van der Waals surface area contributed by atoms with Gasteiger partial charge in [-0.1, -0.05) is 140 Å². The summed E-state index contributed by atoms with van der Waals surface area (Å²) < 4.78 is 26.4. The van der Waals surface area contributed by atoms with Gasteiger partial charge in [-0.05, 0) is 70.1 Å². The van der Waals surface area contributed by atoms with Crippen LogP contribution in [0.2, 0.25) is 0 Å². The highest BCUT2D eigenvalue weighted by atomic mass is 31.2. The van der Waals surface area contributed by atoms with Gasteiger partial charge in [0.25, 0.3) is 0 Å². The second-order valence-corrected chi connectivity index (χ2v) is 16.9. The number of esters is 2. The van der Waals surface area contributed by atoms with Gasteiger partial charge in [0.2, 0.25) is 0 Å². The van der Waals surface area contributed by atoms with E-state index >= 15 is 0 Å². The van der Waals surface area contributed by atoms with Crippen molar-refractivity contribution in [1.29, 1.82) is 0 Å². The molecule has 0 heterocycles. The first-order valence-corrected chi connectivity index (χ1v) is 23.7. The molecular formula is C45H79O11P. The van der Waals surface area contributed by atoms with Crippen LogP contribution in [-0.4, -0.2) is 74.7 Å². The Labute approximate surface area is 344 Å². The molecule has 11 nitrogen and oxygen atoms in total. The molecule has 12 heteroatoms. The first-order valence-electron chi connectivity index (χ1n) is 22.2. The largest absolute Gasteiger partial charge is 0.469 e. The van der Waals surface area contributed by atoms with Crippen molar-refractivity contribution in [2.45, 2.75) is 199 Å². The molecule has 0 amide bonds. The zero-order valence-corrected chi connectivity index (χ0v) is 36.2. The lowest BCUT2D eigenvalue weighted by molar-refractivity contribution is -0.161. The molecule has 0 spiro atoms. The molecule has 57 heavy (non-hydrogen) atoms. The minimum Gasteiger partial charge on any atom is -0.462 e. The lowest BCUT2D eigenvalue weighted by Gasteiger charge is -2.19. The summed E-state index contributed by atoms with van der Waals surface area (Å²) in [6.07, 6.45) is 36.4. The molecule has 0 aromatic carbocycles. The second kappa shape index (κ2) is 34.7. The highest BCUT2D eigenvalue weighted by Crippen LogP contribution is 2.37. The van der Waals surface area contributed by atoms with Crippen molar-refractivity contribution < 1.29 is 53.3 Å². The maximum atomic E-state index is 12.5. The first kappa shape index (κ1) is 52.9. The van der Waals surface area contributed by atoms with Gasteiger partial charge in [0.05, 0.1) is 24.9 Å². The van der Waals surface area contributed by atoms with E-state index in [0.29, 0.717) is 32.1 Å². The molecule has 0 aromatic heterocycles. The third-order valence-corrected chi connectivity index (χ3v) is 10.9. The third kappa shape index (κ3) is 30.6. The smallest absolute Gasteiger partial charge is 0.462 e. The van der Waals surface area contributed by atoms with Crippen molar-refractivity contribution in [3.8, 4) is 0 Å². The van der Waals surface area contributed by atoms with Gasteiger partial charge in [0, 0.05) is 25.2 Å². The van der Waals surface area contributed by atoms with Crippen LogP contribution in [0.25, 0.3) is 0 Å². The van der Waals surface area contributed by atoms with Crippen LogP contribution in [0.3, 0.4) is 0 Å². The van der Waals surface area contributed by atoms with E-state index in [0.717, 1.165) is 51.4 Å². The predicted octanol–water partition coefficient (Wildman–Crippen LogP) is 9.90. The number of hydrogen-bond acceptors (Lipinski definition) is 9. The summed E-state index contributed by atoms with van der Waals surface area (Å²) >= 11 is 0. The summed E-state index contributed by atoms with van der Waals surface area (Å²) in [7, 11) is -4.83. The molecule has 1 aliphatic rings. The molecule has 1 fully saturated rings. The van der Waals surface area contributed by atoms with E-state index < -0.39 is 50.8 Å². The van der Waals surface area contributed by atoms with E-state index in [2.05, 4.69) is 42.7 Å². The number of carbonyl (C=O) groups excluding carboxylic acids is 2. The Bertz CT molecular complexity index is 1180. The van der Waals surface area contributed by atoms with Crippen molar-refractivity contribution in [2.24, 2.45) is 11.8 Å². The number of phosphoric acid groups is 1. The molecule has 0 aromatic rings. The van der Waals surface area contributed by atoms with Crippen LogP contribution in [0.1, 0.15) is 174 Å². The van der Waals surface area contributed by atoms with Crippen LogP contribution < -0.4 is 0 Å². The van der Waals surface area contributed by atoms with Crippen molar-refractivity contribution in [1.82, 2.24) is 0 Å². The number of unbranched alkanes of at least 4 members (excludes halogenated alkanes) is 15. The predicted molar refractivity (Wildman–Crippen MR) is 227 cm³/mol. The minimum atomic E-state index is -4.83. The summed E-state index contributed by atoms with van der Waals surface area (Å²) in [6.45, 7) is 3.36. The lowest BCUT2D eigenvalue weighted by Crippen LogP contribution is -2.29. The molecule has 0 bridgehead atoms. The van der Waals surface area contributed by atoms with Crippen LogP contribution in [0.15, 0.2) is 48.6 Å². The first-order chi connectivity index (χ1) is 27.5. The Balaban J connectivity index is 2.25. The van der Waals surface area contributed by atoms with Crippen LogP contribution in [0, 0.1) is 11.8 Å². The third-order valence-electron chi connectivity index (χ3n) is 10.4. The molecule has 330 valence electrons. The highest BCUT2D eigenvalue weighted by molar-refractivity contribution is 7.46. The van der Waals surface area contributed by atoms with Gasteiger partial charge >= 0.3 is 19.8 Å². The van der Waals surface area contributed by atoms with Crippen molar-refractivity contribution in [3.05, 3.63) is 48.6 Å². The van der Waals surface area contributed by atoms with Gasteiger partial charge < -0.3 is 34.6 Å². The maximum absolute atomic E-state index is 12.5. The summed E-state index contributed by atoms with van der Waals surface area (Å²) in [6, 6.07) is 0. The van der Waals surface area contributed by atoms with Crippen molar-refractivity contribution >= 4 is 19.8 Å². The SMILES string of the molecule is CCCCC/C=C\C/C=C\CCCCCCCCCCCC(=O)OC[C@H](COP(=O)(O)O)OC(=O)CCC/C=C/C[C@@H]1[C@@H](/C=C/[C@@H](O)CCCCC)[C@H](O)C[C@@H]1O. The Kier molecular flexibility index (Phi) is 32.2. The number of rotatable bonds is 36. The Morgan fingerprint density at radius 1 is 0.684 bits per heavy atom. The average Bonchev–Trinajstić information content (AvgIpc) is 3.44. The molecule has 1 rings (SSSR count). The molecule has 0 aliphatic heterocycles. The number of phosphoric ester groups is 1. The van der Waals surface area contributed by atoms with E-state index in [1.807, 2.05) is 18.2 Å². The van der Waals surface area contributed by atoms with Crippen LogP contribution in [0.5, 0.6) is 0 Å². The van der Waals surface area contributed by atoms with Crippen LogP contribution in [0.4, 0.5) is 0 Å². The van der Waals surface area contributed by atoms with E-state index in [9.17, 15) is 29.5 Å². The molecule has 0 radical (unpaired) electrons. The van der Waals surface area contributed by atoms with Crippen LogP contribution in [-0.2, 0) is 28.2 Å². The zero-order chi connectivity index (χ0) is 42.0. The molecule has 1 aliphatic carbocycles. The monoisotopic (exact) mass is 827 g/mol. The number of allylic oxidation sites excluding steroid dienone is 6. The molecule has 5 N–H and O–H groups in total. The van der Waals surface area contributed by atoms with Gasteiger partial charge in [-0.2, -0.15) is 0 Å². The standard InChI is InChI=1S/C45H79O11P/c1-3-5-7-8-9-10-11-12-13-14-15-16-17-18-19-20-21-22-27-31-44(49)54-36-39(37-55-57(51,52)53)56-45(50)32-28-24-23-26-30-40-41(43(48)35-42(40)47)34-33-38(46)29-25-6-4-2/h9-10,12-13,23,26,33-34,38-43,46-48H,3-8,11,14-22,24-25,27-32,35-37H2,1-2H3,(H2,51,52,53)/b10-9-,13-12-,26-23+,34-33+/t38-,39+,40+,41+,42-,43+/m0/s1. The summed E-state index contributed by atoms with van der Waals surface area (Å²) in [5, 5.41) is 31.2. The van der Waals surface area contributed by atoms with Gasteiger partial charge in [-0.15, -0.1) is 0 Å². The number of carbonyl (C=O) groups is 2. The van der Waals surface area contributed by atoms with Gasteiger partial charge in [0.15, 0.2) is 6.10 Å². The molecule has 6 atom stereocenters. The van der Waals surface area contributed by atoms with E-state index in [1.54, 1.807) is 6.08 Å². The summed E-state index contributed by atoms with van der Waals surface area (Å²) in [5.41, 5.74) is 0. The lowest BCUT2D eigenvalue weighted by atomic mass is 9.89. The van der Waals surface area contributed by atoms with Gasteiger partial charge in [-0.3, -0.25) is 14.1 Å². The summed E-state index contributed by atoms with van der Waals surface area (Å²) in [5.74, 6) is -1.51. The van der Waals surface area contributed by atoms with Crippen molar-refractivity contribution in [3.63, 3.8) is 0 Å². The number of aliphatic hydroxyl groups excluding tert-OH is 3. The Hall–Kier alpha value is -2.11. The topological polar surface area (TPSA) is 180 Å². The number of aliphatic hydroxyl groups is 3. The minimum absolute atomic E-state index is 0.0332. The fourth-order valence-corrected chi connectivity index (χ4v) is 7.35. The Morgan fingerprint density at radius 2 is 1.25 bits per heavy atom. The fourth-order valence-electron chi connectivity index (χ4n) is 6.99. The van der Waals surface area contributed by atoms with Crippen LogP contribution >= 0.6 is 7.82 Å². The quantitative estimate of drug-likeness (QED) is 0.0176. The molecule has 1 saturated carbocycles. The van der Waals surface area contributed by atoms with Gasteiger partial charge in [0.1, 0.15) is 6.61 Å². The average molecular weight is 827 g/mol. The maximum Gasteiger partial charge on any atom is 0.469 e. The number of hydrogen-bond donors (Lipinski definition) is 5.